The van der Waals surface area contributed by atoms with E-state index >= 15 is 0 Å². The van der Waals surface area contributed by atoms with Crippen molar-refractivity contribution in [3.05, 3.63) is 71.8 Å². The van der Waals surface area contributed by atoms with Gasteiger partial charge in [-0.3, -0.25) is 4.90 Å². The van der Waals surface area contributed by atoms with Gasteiger partial charge in [-0.2, -0.15) is 0 Å². The topological polar surface area (TPSA) is 29.3 Å². The van der Waals surface area contributed by atoms with E-state index in [0.717, 1.165) is 6.54 Å². The molecule has 0 amide bonds. The standard InChI is InChI=1S/C20H26N2.2ClH/c1-15(2)22-14-20(3,21)19(22)18(16-10-6-4-7-11-16)17-12-8-5-9-13-17;;/h4-13,15,18-19H,14,21H2,1-3H3;2*1H. The van der Waals surface area contributed by atoms with Crippen molar-refractivity contribution in [3.63, 3.8) is 0 Å². The molecule has 2 aromatic carbocycles. The second-order valence-corrected chi connectivity index (χ2v) is 7.02. The van der Waals surface area contributed by atoms with Crippen molar-refractivity contribution in [3.8, 4) is 0 Å². The molecule has 0 saturated carbocycles. The second-order valence-electron chi connectivity index (χ2n) is 7.02. The number of rotatable bonds is 4. The molecule has 0 bridgehead atoms. The molecule has 2 N–H and O–H groups in total. The number of halogens is 2. The summed E-state index contributed by atoms with van der Waals surface area (Å²) < 4.78 is 0. The highest BCUT2D eigenvalue weighted by molar-refractivity contribution is 5.85. The van der Waals surface area contributed by atoms with Crippen LogP contribution in [0.5, 0.6) is 0 Å². The normalized spacial score (nSPS) is 23.3. The van der Waals surface area contributed by atoms with E-state index in [9.17, 15) is 0 Å². The van der Waals surface area contributed by atoms with Gasteiger partial charge >= 0.3 is 0 Å². The Labute approximate surface area is 158 Å². The Balaban J connectivity index is 0.00000144. The van der Waals surface area contributed by atoms with Gasteiger partial charge in [0.1, 0.15) is 0 Å². The molecule has 1 fully saturated rings. The largest absolute Gasteiger partial charge is 0.323 e. The quantitative estimate of drug-likeness (QED) is 0.864. The Morgan fingerprint density at radius 3 is 1.67 bits per heavy atom. The van der Waals surface area contributed by atoms with Crippen LogP contribution in [0.15, 0.2) is 60.7 Å². The summed E-state index contributed by atoms with van der Waals surface area (Å²) >= 11 is 0. The number of likely N-dealkylation sites (tertiary alicyclic amines) is 1. The summed E-state index contributed by atoms with van der Waals surface area (Å²) in [7, 11) is 0. The molecular weight excluding hydrogens is 339 g/mol. The minimum atomic E-state index is -0.152. The van der Waals surface area contributed by atoms with Crippen LogP contribution in [0, 0.1) is 0 Å². The molecule has 0 aromatic heterocycles. The van der Waals surface area contributed by atoms with Gasteiger partial charge in [0.2, 0.25) is 0 Å². The zero-order valence-corrected chi connectivity index (χ0v) is 16.2. The van der Waals surface area contributed by atoms with E-state index in [4.69, 9.17) is 5.73 Å². The van der Waals surface area contributed by atoms with Gasteiger partial charge in [0.25, 0.3) is 0 Å². The molecule has 4 heteroatoms. The van der Waals surface area contributed by atoms with Crippen LogP contribution in [-0.2, 0) is 0 Å². The second kappa shape index (κ2) is 8.35. The lowest BCUT2D eigenvalue weighted by molar-refractivity contribution is -0.0329. The zero-order chi connectivity index (χ0) is 15.7. The molecule has 132 valence electrons. The molecule has 1 aliphatic rings. The van der Waals surface area contributed by atoms with Gasteiger partial charge < -0.3 is 5.73 Å². The third-order valence-corrected chi connectivity index (χ3v) is 4.85. The Kier molecular flexibility index (Phi) is 7.30. The molecule has 1 saturated heterocycles. The zero-order valence-electron chi connectivity index (χ0n) is 14.6. The average molecular weight is 367 g/mol. The minimum Gasteiger partial charge on any atom is -0.323 e. The van der Waals surface area contributed by atoms with E-state index in [-0.39, 0.29) is 30.4 Å². The number of benzene rings is 2. The predicted octanol–water partition coefficient (Wildman–Crippen LogP) is 4.47. The molecule has 2 unspecified atom stereocenters. The summed E-state index contributed by atoms with van der Waals surface area (Å²) in [4.78, 5) is 2.53. The molecule has 2 nitrogen and oxygen atoms in total. The first-order valence-corrected chi connectivity index (χ1v) is 8.15. The smallest absolute Gasteiger partial charge is 0.0422 e. The SMILES string of the molecule is CC(C)N1CC(C)(N)C1C(c1ccccc1)c1ccccc1.Cl.Cl. The molecule has 2 aromatic rings. The van der Waals surface area contributed by atoms with Crippen molar-refractivity contribution in [2.45, 2.75) is 44.3 Å². The summed E-state index contributed by atoms with van der Waals surface area (Å²) in [6.07, 6.45) is 0. The molecule has 1 heterocycles. The van der Waals surface area contributed by atoms with Gasteiger partial charge in [-0.1, -0.05) is 60.7 Å². The number of hydrogen-bond donors (Lipinski definition) is 1. The van der Waals surface area contributed by atoms with Crippen LogP contribution in [-0.4, -0.2) is 29.1 Å². The Bertz CT molecular complexity index is 575. The van der Waals surface area contributed by atoms with E-state index in [0.29, 0.717) is 18.0 Å². The van der Waals surface area contributed by atoms with Gasteiger partial charge in [-0.15, -0.1) is 24.8 Å². The number of nitrogens with two attached hydrogens (primary N) is 1. The molecule has 3 rings (SSSR count). The lowest BCUT2D eigenvalue weighted by Crippen LogP contribution is -2.75. The van der Waals surface area contributed by atoms with E-state index in [1.54, 1.807) is 0 Å². The fourth-order valence-electron chi connectivity index (χ4n) is 3.81. The van der Waals surface area contributed by atoms with Crippen LogP contribution in [0.4, 0.5) is 0 Å². The Hall–Kier alpha value is -1.06. The summed E-state index contributed by atoms with van der Waals surface area (Å²) in [6, 6.07) is 22.4. The fourth-order valence-corrected chi connectivity index (χ4v) is 3.81. The van der Waals surface area contributed by atoms with Crippen molar-refractivity contribution in [2.24, 2.45) is 5.73 Å². The predicted molar refractivity (Wildman–Crippen MR) is 107 cm³/mol. The maximum absolute atomic E-state index is 6.63. The molecule has 0 spiro atoms. The van der Waals surface area contributed by atoms with Crippen molar-refractivity contribution in [1.29, 1.82) is 0 Å². The Morgan fingerprint density at radius 2 is 1.33 bits per heavy atom. The van der Waals surface area contributed by atoms with Gasteiger partial charge in [0.15, 0.2) is 0 Å². The molecule has 2 atom stereocenters. The molecule has 0 radical (unpaired) electrons. The van der Waals surface area contributed by atoms with Crippen LogP contribution < -0.4 is 5.73 Å². The minimum absolute atomic E-state index is 0. The average Bonchev–Trinajstić information content (AvgIpc) is 2.52. The highest BCUT2D eigenvalue weighted by Crippen LogP contribution is 2.42. The van der Waals surface area contributed by atoms with Crippen LogP contribution >= 0.6 is 24.8 Å². The molecule has 0 aliphatic carbocycles. The van der Waals surface area contributed by atoms with Crippen molar-refractivity contribution in [2.75, 3.05) is 6.54 Å². The first-order valence-electron chi connectivity index (χ1n) is 8.15. The third-order valence-electron chi connectivity index (χ3n) is 4.85. The maximum atomic E-state index is 6.63. The van der Waals surface area contributed by atoms with Crippen LogP contribution in [0.1, 0.15) is 37.8 Å². The maximum Gasteiger partial charge on any atom is 0.0422 e. The van der Waals surface area contributed by atoms with Gasteiger partial charge in [0.05, 0.1) is 0 Å². The van der Waals surface area contributed by atoms with Crippen molar-refractivity contribution >= 4 is 24.8 Å². The monoisotopic (exact) mass is 366 g/mol. The van der Waals surface area contributed by atoms with E-state index in [1.165, 1.54) is 11.1 Å². The van der Waals surface area contributed by atoms with Gasteiger partial charge in [-0.05, 0) is 31.9 Å². The van der Waals surface area contributed by atoms with Gasteiger partial charge in [-0.25, -0.2) is 0 Å². The molecule has 1 aliphatic heterocycles. The fraction of sp³-hybridized carbons (Fsp3) is 0.400. The number of hydrogen-bond acceptors (Lipinski definition) is 2. The van der Waals surface area contributed by atoms with E-state index in [2.05, 4.69) is 86.3 Å². The number of nitrogens with zero attached hydrogens (tertiary/aromatic N) is 1. The van der Waals surface area contributed by atoms with E-state index in [1.807, 2.05) is 0 Å². The van der Waals surface area contributed by atoms with Gasteiger partial charge in [0, 0.05) is 30.1 Å². The Morgan fingerprint density at radius 1 is 0.917 bits per heavy atom. The summed E-state index contributed by atoms with van der Waals surface area (Å²) in [6.45, 7) is 7.67. The molecule has 24 heavy (non-hydrogen) atoms. The first-order chi connectivity index (χ1) is 10.5. The van der Waals surface area contributed by atoms with Crippen molar-refractivity contribution < 1.29 is 0 Å². The van der Waals surface area contributed by atoms with Crippen LogP contribution in [0.3, 0.4) is 0 Å². The van der Waals surface area contributed by atoms with Crippen LogP contribution in [0.2, 0.25) is 0 Å². The first kappa shape index (κ1) is 21.0. The van der Waals surface area contributed by atoms with E-state index < -0.39 is 0 Å². The lowest BCUT2D eigenvalue weighted by atomic mass is 9.69. The third kappa shape index (κ3) is 3.94. The highest BCUT2D eigenvalue weighted by Gasteiger charge is 2.51. The summed E-state index contributed by atoms with van der Waals surface area (Å²) in [5.74, 6) is 0.313. The summed E-state index contributed by atoms with van der Waals surface area (Å²) in [5, 5.41) is 0. The lowest BCUT2D eigenvalue weighted by Gasteiger charge is -2.59. The van der Waals surface area contributed by atoms with Crippen molar-refractivity contribution in [1.82, 2.24) is 4.90 Å². The highest BCUT2D eigenvalue weighted by atomic mass is 35.5. The summed E-state index contributed by atoms with van der Waals surface area (Å²) in [5.41, 5.74) is 9.17. The molecular formula is C20H28Cl2N2. The van der Waals surface area contributed by atoms with Crippen LogP contribution in [0.25, 0.3) is 0 Å².